The van der Waals surface area contributed by atoms with E-state index in [0.717, 1.165) is 15.8 Å². The van der Waals surface area contributed by atoms with E-state index in [1.807, 2.05) is 26.0 Å². The van der Waals surface area contributed by atoms with Gasteiger partial charge in [-0.25, -0.2) is 9.69 Å². The third kappa shape index (κ3) is 4.20. The zero-order valence-electron chi connectivity index (χ0n) is 15.7. The average molecular weight is 445 g/mol. The van der Waals surface area contributed by atoms with E-state index >= 15 is 0 Å². The third-order valence-electron chi connectivity index (χ3n) is 4.02. The molecule has 1 aliphatic heterocycles. The lowest BCUT2D eigenvalue weighted by Gasteiger charge is -2.14. The first-order valence-electron chi connectivity index (χ1n) is 9.06. The molecule has 0 unspecified atom stereocenters. The summed E-state index contributed by atoms with van der Waals surface area (Å²) in [6.07, 6.45) is 2.50. The molecule has 0 atom stereocenters. The Labute approximate surface area is 172 Å². The maximum Gasteiger partial charge on any atom is 0.333 e. The van der Waals surface area contributed by atoms with E-state index in [-0.39, 0.29) is 5.70 Å². The minimum absolute atomic E-state index is 0.194. The van der Waals surface area contributed by atoms with Crippen molar-refractivity contribution in [3.05, 3.63) is 58.2 Å². The number of amides is 3. The maximum atomic E-state index is 12.8. The number of hydrogen-bond acceptors (Lipinski definition) is 4. The molecule has 146 valence electrons. The Morgan fingerprint density at radius 3 is 2.46 bits per heavy atom. The van der Waals surface area contributed by atoms with Gasteiger partial charge in [-0.1, -0.05) is 41.1 Å². The number of anilines is 1. The Kier molecular flexibility index (Phi) is 6.36. The smallest absolute Gasteiger partial charge is 0.333 e. The van der Waals surface area contributed by atoms with Gasteiger partial charge in [0.15, 0.2) is 11.5 Å². The van der Waals surface area contributed by atoms with Gasteiger partial charge in [-0.05, 0) is 49.2 Å². The summed E-state index contributed by atoms with van der Waals surface area (Å²) in [5, 5.41) is 2.63. The van der Waals surface area contributed by atoms with Crippen LogP contribution >= 0.6 is 15.9 Å². The molecular weight excluding hydrogens is 424 g/mol. The molecule has 0 spiro atoms. The Hall–Kier alpha value is -2.80. The molecular formula is C21H21BrN2O4. The van der Waals surface area contributed by atoms with Crippen LogP contribution in [0.5, 0.6) is 11.5 Å². The Morgan fingerprint density at radius 1 is 1.07 bits per heavy atom. The number of para-hydroxylation sites is 1. The van der Waals surface area contributed by atoms with E-state index in [4.69, 9.17) is 9.47 Å². The van der Waals surface area contributed by atoms with Gasteiger partial charge in [-0.2, -0.15) is 0 Å². The Morgan fingerprint density at radius 2 is 1.79 bits per heavy atom. The summed E-state index contributed by atoms with van der Waals surface area (Å²) >= 11 is 3.51. The number of benzene rings is 2. The van der Waals surface area contributed by atoms with Gasteiger partial charge >= 0.3 is 6.03 Å². The topological polar surface area (TPSA) is 67.9 Å². The van der Waals surface area contributed by atoms with Crippen molar-refractivity contribution >= 4 is 39.6 Å². The number of nitrogens with zero attached hydrogens (tertiary/aromatic N) is 1. The summed E-state index contributed by atoms with van der Waals surface area (Å²) in [5.74, 6) is 0.806. The van der Waals surface area contributed by atoms with Gasteiger partial charge in [0.05, 0.1) is 18.9 Å². The highest BCUT2D eigenvalue weighted by Gasteiger charge is 2.34. The van der Waals surface area contributed by atoms with Crippen LogP contribution in [0.1, 0.15) is 25.8 Å². The molecule has 1 saturated heterocycles. The second-order valence-corrected chi connectivity index (χ2v) is 6.92. The minimum Gasteiger partial charge on any atom is -0.490 e. The van der Waals surface area contributed by atoms with Gasteiger partial charge < -0.3 is 14.8 Å². The van der Waals surface area contributed by atoms with Crippen molar-refractivity contribution in [2.75, 3.05) is 18.1 Å². The average Bonchev–Trinajstić information content (AvgIpc) is 2.97. The molecule has 3 amide bonds. The summed E-state index contributed by atoms with van der Waals surface area (Å²) < 4.78 is 12.1. The quantitative estimate of drug-likeness (QED) is 0.494. The number of imide groups is 1. The van der Waals surface area contributed by atoms with E-state index in [9.17, 15) is 9.59 Å². The molecule has 0 aliphatic carbocycles. The second-order valence-electron chi connectivity index (χ2n) is 6.07. The summed E-state index contributed by atoms with van der Waals surface area (Å²) in [5.41, 5.74) is 1.41. The van der Waals surface area contributed by atoms with Crippen molar-refractivity contribution in [2.24, 2.45) is 0 Å². The van der Waals surface area contributed by atoms with E-state index in [1.54, 1.807) is 36.4 Å². The van der Waals surface area contributed by atoms with Gasteiger partial charge in [-0.15, -0.1) is 0 Å². The molecule has 1 aliphatic rings. The van der Waals surface area contributed by atoms with Crippen molar-refractivity contribution in [2.45, 2.75) is 20.3 Å². The molecule has 0 saturated carbocycles. The highest BCUT2D eigenvalue weighted by atomic mass is 79.9. The molecule has 0 radical (unpaired) electrons. The monoisotopic (exact) mass is 444 g/mol. The van der Waals surface area contributed by atoms with E-state index in [0.29, 0.717) is 36.0 Å². The molecule has 0 bridgehead atoms. The number of ether oxygens (including phenoxy) is 2. The normalized spacial score (nSPS) is 15.1. The van der Waals surface area contributed by atoms with Crippen LogP contribution in [0, 0.1) is 0 Å². The standard InChI is InChI=1S/C21H21BrN2O4/c1-3-10-28-19-13-16(22)14(12-18(19)27-4-2)11-17-20(25)24(21(26)23-17)15-8-6-5-7-9-15/h5-9,11-13H,3-4,10H2,1-2H3,(H,23,26)/b17-11+. The van der Waals surface area contributed by atoms with E-state index in [1.165, 1.54) is 0 Å². The lowest BCUT2D eigenvalue weighted by molar-refractivity contribution is -0.113. The van der Waals surface area contributed by atoms with E-state index < -0.39 is 11.9 Å². The number of carbonyl (C=O) groups excluding carboxylic acids is 2. The second kappa shape index (κ2) is 8.93. The largest absolute Gasteiger partial charge is 0.490 e. The van der Waals surface area contributed by atoms with Crippen molar-refractivity contribution in [3.63, 3.8) is 0 Å². The van der Waals surface area contributed by atoms with Crippen molar-refractivity contribution in [1.29, 1.82) is 0 Å². The first-order valence-corrected chi connectivity index (χ1v) is 9.85. The molecule has 28 heavy (non-hydrogen) atoms. The van der Waals surface area contributed by atoms with Crippen LogP contribution < -0.4 is 19.7 Å². The lowest BCUT2D eigenvalue weighted by Crippen LogP contribution is -2.30. The molecule has 1 heterocycles. The summed E-state index contributed by atoms with van der Waals surface area (Å²) in [4.78, 5) is 26.2. The van der Waals surface area contributed by atoms with Crippen LogP contribution in [0.2, 0.25) is 0 Å². The highest BCUT2D eigenvalue weighted by molar-refractivity contribution is 9.10. The maximum absolute atomic E-state index is 12.8. The van der Waals surface area contributed by atoms with Crippen LogP contribution in [0.3, 0.4) is 0 Å². The third-order valence-corrected chi connectivity index (χ3v) is 4.70. The number of nitrogens with one attached hydrogen (secondary N) is 1. The molecule has 3 rings (SSSR count). The van der Waals surface area contributed by atoms with Crippen LogP contribution in [0.4, 0.5) is 10.5 Å². The summed E-state index contributed by atoms with van der Waals surface area (Å²) in [7, 11) is 0. The van der Waals surface area contributed by atoms with E-state index in [2.05, 4.69) is 21.2 Å². The van der Waals surface area contributed by atoms with Gasteiger partial charge in [0.25, 0.3) is 5.91 Å². The zero-order valence-corrected chi connectivity index (χ0v) is 17.3. The van der Waals surface area contributed by atoms with Crippen molar-refractivity contribution in [1.82, 2.24) is 5.32 Å². The van der Waals surface area contributed by atoms with Gasteiger partial charge in [0, 0.05) is 4.47 Å². The molecule has 1 N–H and O–H groups in total. The summed E-state index contributed by atoms with van der Waals surface area (Å²) in [6, 6.07) is 11.9. The van der Waals surface area contributed by atoms with Crippen LogP contribution in [0.25, 0.3) is 6.08 Å². The lowest BCUT2D eigenvalue weighted by atomic mass is 10.1. The van der Waals surface area contributed by atoms with Crippen LogP contribution in [-0.4, -0.2) is 25.2 Å². The van der Waals surface area contributed by atoms with Crippen LogP contribution in [0.15, 0.2) is 52.6 Å². The van der Waals surface area contributed by atoms with Gasteiger partial charge in [0.2, 0.25) is 0 Å². The molecule has 6 nitrogen and oxygen atoms in total. The number of urea groups is 1. The molecule has 2 aromatic carbocycles. The molecule has 1 fully saturated rings. The van der Waals surface area contributed by atoms with Gasteiger partial charge in [0.1, 0.15) is 5.70 Å². The molecule has 2 aromatic rings. The van der Waals surface area contributed by atoms with Crippen LogP contribution in [-0.2, 0) is 4.79 Å². The number of hydrogen-bond donors (Lipinski definition) is 1. The Bertz CT molecular complexity index is 912. The fourth-order valence-electron chi connectivity index (χ4n) is 2.76. The van der Waals surface area contributed by atoms with Gasteiger partial charge in [-0.3, -0.25) is 4.79 Å². The number of rotatable bonds is 7. The zero-order chi connectivity index (χ0) is 20.1. The predicted molar refractivity (Wildman–Crippen MR) is 112 cm³/mol. The van der Waals surface area contributed by atoms with Crippen molar-refractivity contribution < 1.29 is 19.1 Å². The predicted octanol–water partition coefficient (Wildman–Crippen LogP) is 4.73. The number of carbonyl (C=O) groups is 2. The minimum atomic E-state index is -0.480. The highest BCUT2D eigenvalue weighted by Crippen LogP contribution is 2.35. The fourth-order valence-corrected chi connectivity index (χ4v) is 3.19. The fraction of sp³-hybridized carbons (Fsp3) is 0.238. The number of halogens is 1. The van der Waals surface area contributed by atoms with Crippen molar-refractivity contribution in [3.8, 4) is 11.5 Å². The summed E-state index contributed by atoms with van der Waals surface area (Å²) in [6.45, 7) is 4.98. The first-order chi connectivity index (χ1) is 13.5. The SMILES string of the molecule is CCCOc1cc(Br)c(/C=C2/NC(=O)N(c3ccccc3)C2=O)cc1OCC. The first kappa shape index (κ1) is 19.9. The molecule has 0 aromatic heterocycles. The molecule has 7 heteroatoms. The Balaban J connectivity index is 1.93.